The van der Waals surface area contributed by atoms with Gasteiger partial charge in [-0.25, -0.2) is 4.99 Å². The Balaban J connectivity index is 2.05. The van der Waals surface area contributed by atoms with E-state index < -0.39 is 6.36 Å². The topological polar surface area (TPSA) is 79.9 Å². The number of rotatable bonds is 3. The number of anilines is 1. The molecule has 1 saturated carbocycles. The number of hydrogen-bond donors (Lipinski definition) is 3. The summed E-state index contributed by atoms with van der Waals surface area (Å²) < 4.78 is 40.6. The molecule has 5 nitrogen and oxygen atoms in total. The molecule has 1 aliphatic carbocycles. The van der Waals surface area contributed by atoms with E-state index >= 15 is 0 Å². The van der Waals surface area contributed by atoms with Crippen molar-refractivity contribution in [2.45, 2.75) is 31.3 Å². The van der Waals surface area contributed by atoms with Gasteiger partial charge in [0.2, 0.25) is 0 Å². The van der Waals surface area contributed by atoms with Crippen molar-refractivity contribution in [3.05, 3.63) is 24.3 Å². The molecule has 1 aromatic rings. The minimum Gasteiger partial charge on any atom is -0.404 e. The van der Waals surface area contributed by atoms with E-state index in [9.17, 15) is 13.2 Å². The fourth-order valence-electron chi connectivity index (χ4n) is 1.82. The van der Waals surface area contributed by atoms with Gasteiger partial charge >= 0.3 is 6.36 Å². The molecule has 1 aromatic carbocycles. The highest BCUT2D eigenvalue weighted by molar-refractivity contribution is 5.93. The molecule has 0 unspecified atom stereocenters. The SMILES string of the molecule is NC(=NC1CC(O)C1)Nc1ccccc1OC(F)(F)F. The van der Waals surface area contributed by atoms with E-state index in [0.717, 1.165) is 0 Å². The summed E-state index contributed by atoms with van der Waals surface area (Å²) in [5.74, 6) is -0.396. The van der Waals surface area contributed by atoms with Crippen LogP contribution < -0.4 is 15.8 Å². The average molecular weight is 289 g/mol. The van der Waals surface area contributed by atoms with Crippen molar-refractivity contribution in [3.63, 3.8) is 0 Å². The number of aliphatic imine (C=N–C) groups is 1. The number of aliphatic hydroxyl groups excluding tert-OH is 1. The molecule has 0 aromatic heterocycles. The number of alkyl halides is 3. The Kier molecular flexibility index (Phi) is 4.03. The van der Waals surface area contributed by atoms with Crippen LogP contribution in [-0.2, 0) is 0 Å². The second-order valence-electron chi connectivity index (χ2n) is 4.46. The van der Waals surface area contributed by atoms with Crippen molar-refractivity contribution >= 4 is 11.6 Å². The molecule has 20 heavy (non-hydrogen) atoms. The molecule has 0 heterocycles. The first-order chi connectivity index (χ1) is 9.33. The number of nitrogens with one attached hydrogen (secondary N) is 1. The molecule has 0 radical (unpaired) electrons. The number of nitrogens with zero attached hydrogens (tertiary/aromatic N) is 1. The molecular formula is C12H14F3N3O2. The second kappa shape index (κ2) is 5.58. The van der Waals surface area contributed by atoms with Gasteiger partial charge in [-0.15, -0.1) is 13.2 Å². The van der Waals surface area contributed by atoms with E-state index in [2.05, 4.69) is 15.0 Å². The van der Waals surface area contributed by atoms with Crippen LogP contribution in [-0.4, -0.2) is 29.6 Å². The van der Waals surface area contributed by atoms with E-state index in [4.69, 9.17) is 10.8 Å². The third-order valence-electron chi connectivity index (χ3n) is 2.79. The Morgan fingerprint density at radius 2 is 2.00 bits per heavy atom. The van der Waals surface area contributed by atoms with Crippen LogP contribution in [0.1, 0.15) is 12.8 Å². The highest BCUT2D eigenvalue weighted by Crippen LogP contribution is 2.30. The molecule has 8 heteroatoms. The highest BCUT2D eigenvalue weighted by Gasteiger charge is 2.32. The predicted octanol–water partition coefficient (Wildman–Crippen LogP) is 1.84. The van der Waals surface area contributed by atoms with Gasteiger partial charge in [-0.1, -0.05) is 12.1 Å². The number of nitrogens with two attached hydrogens (primary N) is 1. The Bertz CT molecular complexity index is 499. The second-order valence-corrected chi connectivity index (χ2v) is 4.46. The fraction of sp³-hybridized carbons (Fsp3) is 0.417. The first-order valence-electron chi connectivity index (χ1n) is 5.96. The average Bonchev–Trinajstić information content (AvgIpc) is 2.28. The van der Waals surface area contributed by atoms with Gasteiger partial charge in [0.1, 0.15) is 0 Å². The summed E-state index contributed by atoms with van der Waals surface area (Å²) in [6.07, 6.45) is -4.15. The normalized spacial score (nSPS) is 23.1. The zero-order valence-corrected chi connectivity index (χ0v) is 10.4. The van der Waals surface area contributed by atoms with Crippen molar-refractivity contribution in [1.82, 2.24) is 0 Å². The standard InChI is InChI=1S/C12H14F3N3O2/c13-12(14,15)20-10-4-2-1-3-9(10)18-11(16)17-7-5-8(19)6-7/h1-4,7-8,19H,5-6H2,(H3,16,17,18). The molecule has 0 amide bonds. The van der Waals surface area contributed by atoms with Crippen LogP contribution in [0.3, 0.4) is 0 Å². The van der Waals surface area contributed by atoms with Crippen LogP contribution in [0.5, 0.6) is 5.75 Å². The first kappa shape index (κ1) is 14.4. The maximum absolute atomic E-state index is 12.2. The smallest absolute Gasteiger partial charge is 0.404 e. The van der Waals surface area contributed by atoms with Gasteiger partial charge in [-0.2, -0.15) is 0 Å². The maximum atomic E-state index is 12.2. The Morgan fingerprint density at radius 3 is 2.60 bits per heavy atom. The first-order valence-corrected chi connectivity index (χ1v) is 5.96. The lowest BCUT2D eigenvalue weighted by Gasteiger charge is -2.28. The van der Waals surface area contributed by atoms with E-state index in [0.29, 0.717) is 12.8 Å². The number of hydrogen-bond acceptors (Lipinski definition) is 3. The van der Waals surface area contributed by atoms with Crippen LogP contribution in [0.15, 0.2) is 29.3 Å². The molecule has 1 aliphatic rings. The molecule has 2 rings (SSSR count). The van der Waals surface area contributed by atoms with E-state index in [1.54, 1.807) is 6.07 Å². The number of guanidine groups is 1. The number of para-hydroxylation sites is 2. The van der Waals surface area contributed by atoms with Gasteiger partial charge in [0, 0.05) is 0 Å². The van der Waals surface area contributed by atoms with Crippen molar-refractivity contribution in [2.75, 3.05) is 5.32 Å². The van der Waals surface area contributed by atoms with Gasteiger partial charge in [0.25, 0.3) is 0 Å². The lowest BCUT2D eigenvalue weighted by atomic mass is 9.90. The van der Waals surface area contributed by atoms with Gasteiger partial charge in [-0.05, 0) is 25.0 Å². The molecule has 0 atom stereocenters. The molecule has 0 spiro atoms. The van der Waals surface area contributed by atoms with Crippen molar-refractivity contribution in [2.24, 2.45) is 10.7 Å². The summed E-state index contributed by atoms with van der Waals surface area (Å²) in [6, 6.07) is 5.44. The van der Waals surface area contributed by atoms with Crippen LogP contribution in [0.25, 0.3) is 0 Å². The number of ether oxygens (including phenoxy) is 1. The largest absolute Gasteiger partial charge is 0.573 e. The Hall–Kier alpha value is -1.96. The summed E-state index contributed by atoms with van der Waals surface area (Å²) >= 11 is 0. The van der Waals surface area contributed by atoms with Crippen molar-refractivity contribution in [1.29, 1.82) is 0 Å². The Morgan fingerprint density at radius 1 is 1.35 bits per heavy atom. The van der Waals surface area contributed by atoms with E-state index in [1.807, 2.05) is 0 Å². The predicted molar refractivity (Wildman–Crippen MR) is 67.4 cm³/mol. The number of halogens is 3. The number of benzene rings is 1. The molecule has 0 bridgehead atoms. The van der Waals surface area contributed by atoms with Crippen molar-refractivity contribution < 1.29 is 23.0 Å². The quantitative estimate of drug-likeness (QED) is 0.586. The van der Waals surface area contributed by atoms with Crippen LogP contribution in [0.2, 0.25) is 0 Å². The zero-order chi connectivity index (χ0) is 14.8. The maximum Gasteiger partial charge on any atom is 0.573 e. The van der Waals surface area contributed by atoms with E-state index in [-0.39, 0.29) is 29.5 Å². The van der Waals surface area contributed by atoms with Crippen LogP contribution in [0.4, 0.5) is 18.9 Å². The summed E-state index contributed by atoms with van der Waals surface area (Å²) in [6.45, 7) is 0. The molecule has 110 valence electrons. The van der Waals surface area contributed by atoms with Gasteiger partial charge < -0.3 is 20.9 Å². The van der Waals surface area contributed by atoms with Crippen molar-refractivity contribution in [3.8, 4) is 5.75 Å². The molecular weight excluding hydrogens is 275 g/mol. The molecule has 1 fully saturated rings. The number of aliphatic hydroxyl groups is 1. The third kappa shape index (κ3) is 4.02. The third-order valence-corrected chi connectivity index (χ3v) is 2.79. The van der Waals surface area contributed by atoms with Crippen LogP contribution >= 0.6 is 0 Å². The van der Waals surface area contributed by atoms with Crippen LogP contribution in [0, 0.1) is 0 Å². The van der Waals surface area contributed by atoms with Gasteiger partial charge in [0.15, 0.2) is 11.7 Å². The highest BCUT2D eigenvalue weighted by atomic mass is 19.4. The zero-order valence-electron chi connectivity index (χ0n) is 10.4. The molecule has 4 N–H and O–H groups in total. The summed E-state index contributed by atoms with van der Waals surface area (Å²) in [5, 5.41) is 11.7. The molecule has 0 aliphatic heterocycles. The summed E-state index contributed by atoms with van der Waals surface area (Å²) in [5.41, 5.74) is 5.69. The summed E-state index contributed by atoms with van der Waals surface area (Å²) in [7, 11) is 0. The van der Waals surface area contributed by atoms with Gasteiger partial charge in [-0.3, -0.25) is 0 Å². The lowest BCUT2D eigenvalue weighted by Crippen LogP contribution is -2.35. The minimum atomic E-state index is -4.78. The van der Waals surface area contributed by atoms with Gasteiger partial charge in [0.05, 0.1) is 17.8 Å². The molecule has 0 saturated heterocycles. The minimum absolute atomic E-state index is 0.0138. The lowest BCUT2D eigenvalue weighted by molar-refractivity contribution is -0.274. The summed E-state index contributed by atoms with van der Waals surface area (Å²) in [4.78, 5) is 4.05. The monoisotopic (exact) mass is 289 g/mol. The fourth-order valence-corrected chi connectivity index (χ4v) is 1.82. The Labute approximate surface area is 113 Å². The van der Waals surface area contributed by atoms with E-state index in [1.165, 1.54) is 18.2 Å².